The Morgan fingerprint density at radius 3 is 2.18 bits per heavy atom. The summed E-state index contributed by atoms with van der Waals surface area (Å²) in [5, 5.41) is 3.24. The van der Waals surface area contributed by atoms with E-state index in [0.29, 0.717) is 29.3 Å². The number of amides is 2. The van der Waals surface area contributed by atoms with Crippen LogP contribution in [0.15, 0.2) is 66.4 Å². The maximum Gasteiger partial charge on any atom is 0.282 e. The first kappa shape index (κ1) is 22.3. The van der Waals surface area contributed by atoms with Gasteiger partial charge in [0.25, 0.3) is 11.8 Å². The maximum absolute atomic E-state index is 13.8. The fourth-order valence-corrected chi connectivity index (χ4v) is 4.29. The summed E-state index contributed by atoms with van der Waals surface area (Å²) < 4.78 is 5.74. The summed E-state index contributed by atoms with van der Waals surface area (Å²) in [4.78, 5) is 28.7. The van der Waals surface area contributed by atoms with Crippen LogP contribution < -0.4 is 15.0 Å². The molecule has 0 saturated carbocycles. The Morgan fingerprint density at radius 2 is 1.52 bits per heavy atom. The Balaban J connectivity index is 1.88. The van der Waals surface area contributed by atoms with Crippen molar-refractivity contribution in [3.8, 4) is 5.75 Å². The first-order valence-corrected chi connectivity index (χ1v) is 11.1. The van der Waals surface area contributed by atoms with Gasteiger partial charge in [-0.3, -0.25) is 9.59 Å². The Hall–Kier alpha value is -3.86. The summed E-state index contributed by atoms with van der Waals surface area (Å²) in [5.41, 5.74) is 6.56. The van der Waals surface area contributed by atoms with Gasteiger partial charge in [0.2, 0.25) is 0 Å². The predicted octanol–water partition coefficient (Wildman–Crippen LogP) is 5.72. The van der Waals surface area contributed by atoms with Crippen LogP contribution in [0.5, 0.6) is 5.75 Å². The van der Waals surface area contributed by atoms with E-state index in [-0.39, 0.29) is 17.5 Å². The number of imide groups is 1. The lowest BCUT2D eigenvalue weighted by molar-refractivity contribution is -0.120. The van der Waals surface area contributed by atoms with Crippen LogP contribution in [-0.4, -0.2) is 18.4 Å². The fourth-order valence-electron chi connectivity index (χ4n) is 4.29. The number of nitrogens with zero attached hydrogens (tertiary/aromatic N) is 1. The molecule has 0 radical (unpaired) electrons. The molecule has 0 aromatic heterocycles. The number of hydrogen-bond donors (Lipinski definition) is 1. The highest BCUT2D eigenvalue weighted by molar-refractivity contribution is 6.46. The smallest absolute Gasteiger partial charge is 0.282 e. The highest BCUT2D eigenvalue weighted by Gasteiger charge is 2.41. The predicted molar refractivity (Wildman–Crippen MR) is 132 cm³/mol. The first-order chi connectivity index (χ1) is 15.8. The van der Waals surface area contributed by atoms with Gasteiger partial charge in [-0.2, -0.15) is 0 Å². The fraction of sp³-hybridized carbons (Fsp3) is 0.214. The molecule has 1 heterocycles. The second kappa shape index (κ2) is 8.94. The van der Waals surface area contributed by atoms with E-state index in [9.17, 15) is 9.59 Å². The van der Waals surface area contributed by atoms with E-state index < -0.39 is 0 Å². The van der Waals surface area contributed by atoms with Gasteiger partial charge in [-0.15, -0.1) is 0 Å². The molecule has 33 heavy (non-hydrogen) atoms. The average molecular weight is 441 g/mol. The van der Waals surface area contributed by atoms with E-state index >= 15 is 0 Å². The summed E-state index contributed by atoms with van der Waals surface area (Å²) in [6.45, 7) is 10.3. The molecule has 0 atom stereocenters. The Morgan fingerprint density at radius 1 is 0.818 bits per heavy atom. The molecule has 0 fully saturated rings. The van der Waals surface area contributed by atoms with E-state index in [0.717, 1.165) is 27.8 Å². The standard InChI is InChI=1S/C28H28N2O3/c1-6-33-24-10-8-7-9-23(24)29-26-25(22-12-11-17(2)14-20(22)5)27(31)30(28(26)32)21-15-18(3)13-19(4)16-21/h7-16,29H,6H2,1-5H3. The Bertz CT molecular complexity index is 1270. The molecule has 4 rings (SSSR count). The van der Waals surface area contributed by atoms with E-state index in [1.807, 2.05) is 95.3 Å². The van der Waals surface area contributed by atoms with Gasteiger partial charge in [-0.05, 0) is 81.1 Å². The maximum atomic E-state index is 13.8. The largest absolute Gasteiger partial charge is 0.492 e. The molecule has 0 saturated heterocycles. The molecule has 0 spiro atoms. The molecule has 168 valence electrons. The zero-order valence-corrected chi connectivity index (χ0v) is 19.7. The molecule has 2 amide bonds. The van der Waals surface area contributed by atoms with Gasteiger partial charge in [0.1, 0.15) is 11.4 Å². The molecular weight excluding hydrogens is 412 g/mol. The van der Waals surface area contributed by atoms with Gasteiger partial charge in [0.15, 0.2) is 0 Å². The van der Waals surface area contributed by atoms with Crippen molar-refractivity contribution in [2.24, 2.45) is 0 Å². The van der Waals surface area contributed by atoms with Crippen LogP contribution in [0.1, 0.15) is 34.7 Å². The van der Waals surface area contributed by atoms with E-state index in [1.54, 1.807) is 0 Å². The molecule has 0 bridgehead atoms. The average Bonchev–Trinajstić information content (AvgIpc) is 2.99. The number of ether oxygens (including phenoxy) is 1. The monoisotopic (exact) mass is 440 g/mol. The summed E-state index contributed by atoms with van der Waals surface area (Å²) >= 11 is 0. The second-order valence-electron chi connectivity index (χ2n) is 8.41. The third-order valence-corrected chi connectivity index (χ3v) is 5.65. The Labute approximate surface area is 194 Å². The van der Waals surface area contributed by atoms with Crippen LogP contribution in [0, 0.1) is 27.7 Å². The van der Waals surface area contributed by atoms with Crippen molar-refractivity contribution in [1.82, 2.24) is 0 Å². The number of carbonyl (C=O) groups excluding carboxylic acids is 2. The van der Waals surface area contributed by atoms with Crippen molar-refractivity contribution in [1.29, 1.82) is 0 Å². The normalized spacial score (nSPS) is 13.7. The summed E-state index contributed by atoms with van der Waals surface area (Å²) in [6, 6.07) is 19.0. The van der Waals surface area contributed by atoms with Crippen LogP contribution in [0.25, 0.3) is 5.57 Å². The number of aryl methyl sites for hydroxylation is 4. The molecule has 5 heteroatoms. The lowest BCUT2D eigenvalue weighted by atomic mass is 9.97. The molecule has 0 aliphatic carbocycles. The van der Waals surface area contributed by atoms with Gasteiger partial charge < -0.3 is 10.1 Å². The van der Waals surface area contributed by atoms with Crippen LogP contribution in [-0.2, 0) is 9.59 Å². The third kappa shape index (κ3) is 4.27. The van der Waals surface area contributed by atoms with E-state index in [1.165, 1.54) is 4.90 Å². The number of carbonyl (C=O) groups is 2. The third-order valence-electron chi connectivity index (χ3n) is 5.65. The molecule has 1 aliphatic heterocycles. The topological polar surface area (TPSA) is 58.6 Å². The second-order valence-corrected chi connectivity index (χ2v) is 8.41. The lowest BCUT2D eigenvalue weighted by Crippen LogP contribution is -2.32. The van der Waals surface area contributed by atoms with Crippen molar-refractivity contribution in [2.45, 2.75) is 34.6 Å². The quantitative estimate of drug-likeness (QED) is 0.499. The number of rotatable bonds is 6. The summed E-state index contributed by atoms with van der Waals surface area (Å²) in [6.07, 6.45) is 0. The van der Waals surface area contributed by atoms with E-state index in [2.05, 4.69) is 5.32 Å². The SMILES string of the molecule is CCOc1ccccc1NC1=C(c2ccc(C)cc2C)C(=O)N(c2cc(C)cc(C)c2)C1=O. The molecular formula is C28H28N2O3. The minimum atomic E-state index is -0.383. The zero-order valence-electron chi connectivity index (χ0n) is 19.7. The Kier molecular flexibility index (Phi) is 6.05. The van der Waals surface area contributed by atoms with Crippen molar-refractivity contribution >= 4 is 28.8 Å². The van der Waals surface area contributed by atoms with Crippen LogP contribution in [0.3, 0.4) is 0 Å². The number of hydrogen-bond acceptors (Lipinski definition) is 4. The van der Waals surface area contributed by atoms with Crippen molar-refractivity contribution in [3.63, 3.8) is 0 Å². The summed E-state index contributed by atoms with van der Waals surface area (Å²) in [5.74, 6) is -0.0998. The number of anilines is 2. The van der Waals surface area contributed by atoms with Crippen LogP contribution >= 0.6 is 0 Å². The van der Waals surface area contributed by atoms with Gasteiger partial charge in [0, 0.05) is 0 Å². The number of para-hydroxylation sites is 2. The molecule has 1 N–H and O–H groups in total. The first-order valence-electron chi connectivity index (χ1n) is 11.1. The summed E-state index contributed by atoms with van der Waals surface area (Å²) in [7, 11) is 0. The highest BCUT2D eigenvalue weighted by Crippen LogP contribution is 2.37. The number of nitrogens with one attached hydrogen (secondary N) is 1. The minimum absolute atomic E-state index is 0.248. The van der Waals surface area contributed by atoms with Gasteiger partial charge in [-0.25, -0.2) is 4.90 Å². The molecule has 1 aliphatic rings. The highest BCUT2D eigenvalue weighted by atomic mass is 16.5. The molecule has 3 aromatic rings. The molecule has 0 unspecified atom stereocenters. The van der Waals surface area contributed by atoms with Crippen molar-refractivity contribution in [3.05, 3.63) is 94.2 Å². The zero-order chi connectivity index (χ0) is 23.7. The van der Waals surface area contributed by atoms with Gasteiger partial charge in [-0.1, -0.05) is 42.0 Å². The molecule has 3 aromatic carbocycles. The van der Waals surface area contributed by atoms with Crippen molar-refractivity contribution < 1.29 is 14.3 Å². The van der Waals surface area contributed by atoms with Gasteiger partial charge in [0.05, 0.1) is 23.6 Å². The number of benzene rings is 3. The van der Waals surface area contributed by atoms with Gasteiger partial charge >= 0.3 is 0 Å². The van der Waals surface area contributed by atoms with E-state index in [4.69, 9.17) is 4.74 Å². The lowest BCUT2D eigenvalue weighted by Gasteiger charge is -2.17. The minimum Gasteiger partial charge on any atom is -0.492 e. The van der Waals surface area contributed by atoms with Crippen molar-refractivity contribution in [2.75, 3.05) is 16.8 Å². The molecule has 5 nitrogen and oxygen atoms in total. The van der Waals surface area contributed by atoms with Crippen LogP contribution in [0.4, 0.5) is 11.4 Å². The van der Waals surface area contributed by atoms with Crippen LogP contribution in [0.2, 0.25) is 0 Å².